The van der Waals surface area contributed by atoms with Crippen molar-refractivity contribution in [2.24, 2.45) is 0 Å². The molecule has 0 atom stereocenters. The number of hydrogen-bond donors (Lipinski definition) is 1. The number of carboxylic acid groups (broad SMARTS) is 1. The van der Waals surface area contributed by atoms with Gasteiger partial charge in [0.05, 0.1) is 23.9 Å². The Kier molecular flexibility index (Phi) is 4.70. The van der Waals surface area contributed by atoms with Gasteiger partial charge in [0.1, 0.15) is 0 Å². The summed E-state index contributed by atoms with van der Waals surface area (Å²) in [4.78, 5) is 13.2. The van der Waals surface area contributed by atoms with Crippen molar-refractivity contribution < 1.29 is 14.6 Å². The van der Waals surface area contributed by atoms with Crippen LogP contribution in [0, 0.1) is 0 Å². The molecule has 0 radical (unpaired) electrons. The quantitative estimate of drug-likeness (QED) is 0.878. The lowest BCUT2D eigenvalue weighted by Gasteiger charge is -2.22. The third-order valence-corrected chi connectivity index (χ3v) is 3.10. The van der Waals surface area contributed by atoms with Gasteiger partial charge in [0.15, 0.2) is 5.69 Å². The molecule has 1 aromatic carbocycles. The highest BCUT2D eigenvalue weighted by Crippen LogP contribution is 2.27. The summed E-state index contributed by atoms with van der Waals surface area (Å²) < 4.78 is 5.52. The zero-order chi connectivity index (χ0) is 15.4. The summed E-state index contributed by atoms with van der Waals surface area (Å²) in [5.74, 6) is -1.08. The molecule has 1 aromatic heterocycles. The van der Waals surface area contributed by atoms with Crippen LogP contribution in [0.1, 0.15) is 24.3 Å². The van der Waals surface area contributed by atoms with Gasteiger partial charge >= 0.3 is 5.97 Å². The molecule has 0 saturated carbocycles. The average molecular weight is 289 g/mol. The Hall–Kier alpha value is -2.21. The molecule has 0 aliphatic heterocycles. The number of carbonyl (C=O) groups is 1. The number of fused-ring (bicyclic) bond motifs is 1. The number of hydrogen-bond acceptors (Lipinski definition) is 5. The van der Waals surface area contributed by atoms with E-state index in [1.807, 2.05) is 50.1 Å². The summed E-state index contributed by atoms with van der Waals surface area (Å²) >= 11 is 0. The minimum absolute atomic E-state index is 0.0410. The average Bonchev–Trinajstić information content (AvgIpc) is 2.45. The van der Waals surface area contributed by atoms with Gasteiger partial charge in [-0.1, -0.05) is 18.2 Å². The first-order valence-electron chi connectivity index (χ1n) is 6.82. The highest BCUT2D eigenvalue weighted by atomic mass is 16.5. The van der Waals surface area contributed by atoms with Gasteiger partial charge in [-0.2, -0.15) is 0 Å². The molecule has 0 aliphatic rings. The Balaban J connectivity index is 2.39. The van der Waals surface area contributed by atoms with E-state index < -0.39 is 5.97 Å². The number of carboxylic acids is 1. The molecule has 6 heteroatoms. The lowest BCUT2D eigenvalue weighted by molar-refractivity contribution is 0.0688. The van der Waals surface area contributed by atoms with E-state index in [0.29, 0.717) is 24.4 Å². The molecule has 2 aromatic rings. The number of rotatable bonds is 6. The fourth-order valence-electron chi connectivity index (χ4n) is 2.11. The maximum absolute atomic E-state index is 11.4. The second-order valence-electron chi connectivity index (χ2n) is 5.06. The van der Waals surface area contributed by atoms with Crippen molar-refractivity contribution in [2.45, 2.75) is 20.0 Å². The SMILES string of the molecule is CC(C)OCCN(C)c1c(C(=O)O)nnc2ccccc12. The highest BCUT2D eigenvalue weighted by Gasteiger charge is 2.19. The second kappa shape index (κ2) is 6.49. The Bertz CT molecular complexity index is 643. The normalized spacial score (nSPS) is 11.0. The van der Waals surface area contributed by atoms with Gasteiger partial charge in [0.25, 0.3) is 0 Å². The van der Waals surface area contributed by atoms with Crippen LogP contribution in [-0.2, 0) is 4.74 Å². The van der Waals surface area contributed by atoms with Crippen LogP contribution in [0.15, 0.2) is 24.3 Å². The summed E-state index contributed by atoms with van der Waals surface area (Å²) in [6.07, 6.45) is 0.143. The summed E-state index contributed by atoms with van der Waals surface area (Å²) in [6, 6.07) is 7.38. The maximum atomic E-state index is 11.4. The van der Waals surface area contributed by atoms with Crippen LogP contribution < -0.4 is 4.90 Å². The Morgan fingerprint density at radius 3 is 2.71 bits per heavy atom. The van der Waals surface area contributed by atoms with Gasteiger partial charge in [-0.3, -0.25) is 0 Å². The molecule has 6 nitrogen and oxygen atoms in total. The lowest BCUT2D eigenvalue weighted by atomic mass is 10.1. The van der Waals surface area contributed by atoms with Gasteiger partial charge < -0.3 is 14.7 Å². The standard InChI is InChI=1S/C15H19N3O3/c1-10(2)21-9-8-18(3)14-11-6-4-5-7-12(11)16-17-13(14)15(19)20/h4-7,10H,8-9H2,1-3H3,(H,19,20). The summed E-state index contributed by atoms with van der Waals surface area (Å²) in [5.41, 5.74) is 1.20. The van der Waals surface area contributed by atoms with Gasteiger partial charge in [-0.15, -0.1) is 10.2 Å². The van der Waals surface area contributed by atoms with E-state index in [-0.39, 0.29) is 11.8 Å². The Morgan fingerprint density at radius 2 is 2.05 bits per heavy atom. The number of ether oxygens (including phenoxy) is 1. The molecular weight excluding hydrogens is 270 g/mol. The molecule has 2 rings (SSSR count). The van der Waals surface area contributed by atoms with Crippen molar-refractivity contribution in [2.75, 3.05) is 25.1 Å². The third-order valence-electron chi connectivity index (χ3n) is 3.10. The molecule has 1 N–H and O–H groups in total. The van der Waals surface area contributed by atoms with Crippen molar-refractivity contribution in [3.8, 4) is 0 Å². The molecule has 0 unspecified atom stereocenters. The van der Waals surface area contributed by atoms with E-state index in [0.717, 1.165) is 5.39 Å². The number of likely N-dealkylation sites (N-methyl/N-ethyl adjacent to an activating group) is 1. The van der Waals surface area contributed by atoms with Gasteiger partial charge in [-0.05, 0) is 19.9 Å². The summed E-state index contributed by atoms with van der Waals surface area (Å²) in [7, 11) is 1.83. The van der Waals surface area contributed by atoms with Crippen LogP contribution in [0.5, 0.6) is 0 Å². The molecule has 0 saturated heterocycles. The minimum Gasteiger partial charge on any atom is -0.476 e. The molecule has 0 spiro atoms. The molecule has 0 bridgehead atoms. The topological polar surface area (TPSA) is 75.5 Å². The van der Waals surface area contributed by atoms with Gasteiger partial charge in [0, 0.05) is 19.0 Å². The van der Waals surface area contributed by atoms with Crippen molar-refractivity contribution in [3.63, 3.8) is 0 Å². The maximum Gasteiger partial charge on any atom is 0.358 e. The first kappa shape index (κ1) is 15.2. The van der Waals surface area contributed by atoms with Gasteiger partial charge in [0.2, 0.25) is 0 Å². The fraction of sp³-hybridized carbons (Fsp3) is 0.400. The van der Waals surface area contributed by atoms with Gasteiger partial charge in [-0.25, -0.2) is 4.79 Å². The Labute approximate surface area is 123 Å². The zero-order valence-electron chi connectivity index (χ0n) is 12.4. The van der Waals surface area contributed by atoms with E-state index in [2.05, 4.69) is 10.2 Å². The molecule has 0 amide bonds. The van der Waals surface area contributed by atoms with Crippen LogP contribution in [-0.4, -0.2) is 47.6 Å². The van der Waals surface area contributed by atoms with Crippen LogP contribution >= 0.6 is 0 Å². The van der Waals surface area contributed by atoms with E-state index in [1.54, 1.807) is 0 Å². The summed E-state index contributed by atoms with van der Waals surface area (Å²) in [6.45, 7) is 5.02. The molecular formula is C15H19N3O3. The largest absolute Gasteiger partial charge is 0.476 e. The lowest BCUT2D eigenvalue weighted by Crippen LogP contribution is -2.26. The van der Waals surface area contributed by atoms with Crippen molar-refractivity contribution in [3.05, 3.63) is 30.0 Å². The smallest absolute Gasteiger partial charge is 0.358 e. The first-order chi connectivity index (χ1) is 10.0. The van der Waals surface area contributed by atoms with Crippen LogP contribution in [0.2, 0.25) is 0 Å². The molecule has 21 heavy (non-hydrogen) atoms. The molecule has 0 aliphatic carbocycles. The number of nitrogens with zero attached hydrogens (tertiary/aromatic N) is 3. The monoisotopic (exact) mass is 289 g/mol. The Morgan fingerprint density at radius 1 is 1.33 bits per heavy atom. The van der Waals surface area contributed by atoms with E-state index in [4.69, 9.17) is 4.74 Å². The van der Waals surface area contributed by atoms with Crippen molar-refractivity contribution in [1.29, 1.82) is 0 Å². The number of benzene rings is 1. The molecule has 0 fully saturated rings. The minimum atomic E-state index is -1.08. The second-order valence-corrected chi connectivity index (χ2v) is 5.06. The third kappa shape index (κ3) is 3.46. The number of anilines is 1. The van der Waals surface area contributed by atoms with E-state index >= 15 is 0 Å². The van der Waals surface area contributed by atoms with E-state index in [1.165, 1.54) is 0 Å². The molecule has 1 heterocycles. The predicted molar refractivity (Wildman–Crippen MR) is 80.9 cm³/mol. The van der Waals surface area contributed by atoms with E-state index in [9.17, 15) is 9.90 Å². The van der Waals surface area contributed by atoms with Crippen molar-refractivity contribution >= 4 is 22.6 Å². The summed E-state index contributed by atoms with van der Waals surface area (Å²) in [5, 5.41) is 17.9. The number of aromatic carboxylic acids is 1. The van der Waals surface area contributed by atoms with Crippen LogP contribution in [0.25, 0.3) is 10.9 Å². The zero-order valence-corrected chi connectivity index (χ0v) is 12.4. The van der Waals surface area contributed by atoms with Crippen molar-refractivity contribution in [1.82, 2.24) is 10.2 Å². The first-order valence-corrected chi connectivity index (χ1v) is 6.82. The predicted octanol–water partition coefficient (Wildman–Crippen LogP) is 2.19. The molecule has 112 valence electrons. The van der Waals surface area contributed by atoms with Crippen LogP contribution in [0.3, 0.4) is 0 Å². The highest BCUT2D eigenvalue weighted by molar-refractivity contribution is 6.02. The van der Waals surface area contributed by atoms with Crippen LogP contribution in [0.4, 0.5) is 5.69 Å². The number of aromatic nitrogens is 2. The fourth-order valence-corrected chi connectivity index (χ4v) is 2.11.